The van der Waals surface area contributed by atoms with E-state index >= 15 is 0 Å². The molecule has 0 unspecified atom stereocenters. The normalized spacial score (nSPS) is 10.4. The van der Waals surface area contributed by atoms with E-state index < -0.39 is 11.7 Å². The summed E-state index contributed by atoms with van der Waals surface area (Å²) in [5.41, 5.74) is 1.95. The number of aromatic nitrogens is 2. The van der Waals surface area contributed by atoms with Crippen LogP contribution in [-0.2, 0) is 0 Å². The molecule has 3 rings (SSSR count). The Kier molecular flexibility index (Phi) is 4.90. The van der Waals surface area contributed by atoms with Gasteiger partial charge in [0.2, 0.25) is 0 Å². The first kappa shape index (κ1) is 16.9. The summed E-state index contributed by atoms with van der Waals surface area (Å²) in [5, 5.41) is 13.8. The van der Waals surface area contributed by atoms with Crippen LogP contribution in [0.5, 0.6) is 0 Å². The molecule has 0 fully saturated rings. The van der Waals surface area contributed by atoms with Crippen molar-refractivity contribution in [2.24, 2.45) is 0 Å². The first-order valence-electron chi connectivity index (χ1n) is 7.46. The van der Waals surface area contributed by atoms with Crippen LogP contribution in [-0.4, -0.2) is 16.1 Å². The highest BCUT2D eigenvalue weighted by Gasteiger charge is 2.15. The van der Waals surface area contributed by atoms with Crippen molar-refractivity contribution >= 4 is 34.7 Å². The van der Waals surface area contributed by atoms with Crippen molar-refractivity contribution in [1.82, 2.24) is 10.2 Å². The molecule has 1 amide bonds. The minimum Gasteiger partial charge on any atom is -0.339 e. The van der Waals surface area contributed by atoms with Gasteiger partial charge in [0.25, 0.3) is 5.91 Å². The van der Waals surface area contributed by atoms with Gasteiger partial charge >= 0.3 is 0 Å². The van der Waals surface area contributed by atoms with Crippen molar-refractivity contribution in [3.8, 4) is 0 Å². The first-order chi connectivity index (χ1) is 12.0. The number of nitrogens with zero attached hydrogens (tertiary/aromatic N) is 2. The number of anilines is 3. The van der Waals surface area contributed by atoms with Crippen molar-refractivity contribution < 1.29 is 9.18 Å². The van der Waals surface area contributed by atoms with Crippen LogP contribution in [0, 0.1) is 12.7 Å². The third-order valence-electron chi connectivity index (χ3n) is 3.40. The second kappa shape index (κ2) is 7.27. The number of amides is 1. The van der Waals surface area contributed by atoms with E-state index in [2.05, 4.69) is 20.8 Å². The molecule has 0 radical (unpaired) electrons. The summed E-state index contributed by atoms with van der Waals surface area (Å²) >= 11 is 5.89. The van der Waals surface area contributed by atoms with E-state index in [1.807, 2.05) is 19.1 Å². The Morgan fingerprint density at radius 3 is 2.36 bits per heavy atom. The molecule has 1 aromatic heterocycles. The standard InChI is InChI=1S/C18H14ClFN4O/c1-11-5-10-16(24-23-11)21-12-6-8-13(9-7-12)22-18(25)17-14(19)3-2-4-15(17)20/h2-10H,1H3,(H,21,24)(H,22,25). The summed E-state index contributed by atoms with van der Waals surface area (Å²) in [5.74, 6) is -0.657. The van der Waals surface area contributed by atoms with E-state index in [-0.39, 0.29) is 10.6 Å². The molecule has 25 heavy (non-hydrogen) atoms. The maximum Gasteiger partial charge on any atom is 0.260 e. The van der Waals surface area contributed by atoms with Gasteiger partial charge in [-0.1, -0.05) is 17.7 Å². The number of aryl methyl sites for hydroxylation is 1. The molecule has 3 aromatic rings. The molecule has 2 N–H and O–H groups in total. The van der Waals surface area contributed by atoms with Gasteiger partial charge in [0.1, 0.15) is 5.82 Å². The van der Waals surface area contributed by atoms with Crippen LogP contribution in [0.2, 0.25) is 5.02 Å². The Morgan fingerprint density at radius 1 is 1.00 bits per heavy atom. The van der Waals surface area contributed by atoms with Crippen molar-refractivity contribution in [1.29, 1.82) is 0 Å². The molecule has 0 aliphatic carbocycles. The molecular formula is C18H14ClFN4O. The van der Waals surface area contributed by atoms with Crippen LogP contribution in [0.1, 0.15) is 16.1 Å². The quantitative estimate of drug-likeness (QED) is 0.718. The summed E-state index contributed by atoms with van der Waals surface area (Å²) in [7, 11) is 0. The first-order valence-corrected chi connectivity index (χ1v) is 7.83. The molecule has 0 bridgehead atoms. The zero-order valence-corrected chi connectivity index (χ0v) is 14.0. The van der Waals surface area contributed by atoms with Gasteiger partial charge in [-0.05, 0) is 55.5 Å². The van der Waals surface area contributed by atoms with Crippen molar-refractivity contribution in [3.63, 3.8) is 0 Å². The van der Waals surface area contributed by atoms with Gasteiger partial charge < -0.3 is 10.6 Å². The van der Waals surface area contributed by atoms with E-state index in [4.69, 9.17) is 11.6 Å². The molecule has 0 aliphatic rings. The average molecular weight is 357 g/mol. The number of benzene rings is 2. The molecule has 126 valence electrons. The highest BCUT2D eigenvalue weighted by atomic mass is 35.5. The van der Waals surface area contributed by atoms with Gasteiger partial charge in [0, 0.05) is 11.4 Å². The van der Waals surface area contributed by atoms with Crippen molar-refractivity contribution in [2.75, 3.05) is 10.6 Å². The predicted octanol–water partition coefficient (Wildman–Crippen LogP) is 4.57. The Labute approximate surface area is 148 Å². The van der Waals surface area contributed by atoms with Crippen LogP contribution in [0.3, 0.4) is 0 Å². The van der Waals surface area contributed by atoms with Crippen LogP contribution in [0.4, 0.5) is 21.6 Å². The fourth-order valence-corrected chi connectivity index (χ4v) is 2.41. The summed E-state index contributed by atoms with van der Waals surface area (Å²) < 4.78 is 13.8. The van der Waals surface area contributed by atoms with E-state index in [0.717, 1.165) is 11.4 Å². The molecule has 5 nitrogen and oxygen atoms in total. The second-order valence-electron chi connectivity index (χ2n) is 5.31. The average Bonchev–Trinajstić information content (AvgIpc) is 2.58. The molecule has 7 heteroatoms. The Morgan fingerprint density at radius 2 is 1.72 bits per heavy atom. The lowest BCUT2D eigenvalue weighted by Crippen LogP contribution is -2.14. The fourth-order valence-electron chi connectivity index (χ4n) is 2.16. The SMILES string of the molecule is Cc1ccc(Nc2ccc(NC(=O)c3c(F)cccc3Cl)cc2)nn1. The molecule has 2 aromatic carbocycles. The monoisotopic (exact) mass is 356 g/mol. The third kappa shape index (κ3) is 4.10. The second-order valence-corrected chi connectivity index (χ2v) is 5.72. The Bertz CT molecular complexity index is 878. The van der Waals surface area contributed by atoms with Gasteiger partial charge in [-0.25, -0.2) is 4.39 Å². The predicted molar refractivity (Wildman–Crippen MR) is 95.9 cm³/mol. The Hall–Kier alpha value is -2.99. The number of carbonyl (C=O) groups is 1. The number of rotatable bonds is 4. The smallest absolute Gasteiger partial charge is 0.260 e. The number of hydrogen-bond donors (Lipinski definition) is 2. The minimum absolute atomic E-state index is 0.0636. The van der Waals surface area contributed by atoms with Crippen LogP contribution in [0.15, 0.2) is 54.6 Å². The molecule has 0 saturated carbocycles. The lowest BCUT2D eigenvalue weighted by molar-refractivity contribution is 0.102. The molecule has 0 aliphatic heterocycles. The summed E-state index contributed by atoms with van der Waals surface area (Å²) in [4.78, 5) is 12.2. The van der Waals surface area contributed by atoms with Gasteiger partial charge in [0.05, 0.1) is 16.3 Å². The topological polar surface area (TPSA) is 66.9 Å². The fraction of sp³-hybridized carbons (Fsp3) is 0.0556. The number of halogens is 2. The maximum atomic E-state index is 13.8. The number of nitrogens with one attached hydrogen (secondary N) is 2. The summed E-state index contributed by atoms with van der Waals surface area (Å²) in [6.07, 6.45) is 0. The van der Waals surface area contributed by atoms with E-state index in [9.17, 15) is 9.18 Å². The molecular weight excluding hydrogens is 343 g/mol. The van der Waals surface area contributed by atoms with Gasteiger partial charge in [-0.15, -0.1) is 5.10 Å². The van der Waals surface area contributed by atoms with Crippen LogP contribution < -0.4 is 10.6 Å². The largest absolute Gasteiger partial charge is 0.339 e. The molecule has 1 heterocycles. The molecule has 0 spiro atoms. The van der Waals surface area contributed by atoms with Crippen LogP contribution in [0.25, 0.3) is 0 Å². The van der Waals surface area contributed by atoms with E-state index in [1.165, 1.54) is 18.2 Å². The maximum absolute atomic E-state index is 13.8. The minimum atomic E-state index is -0.666. The number of carbonyl (C=O) groups excluding carboxylic acids is 1. The highest BCUT2D eigenvalue weighted by molar-refractivity contribution is 6.34. The highest BCUT2D eigenvalue weighted by Crippen LogP contribution is 2.22. The van der Waals surface area contributed by atoms with E-state index in [0.29, 0.717) is 11.5 Å². The Balaban J connectivity index is 1.70. The van der Waals surface area contributed by atoms with Crippen molar-refractivity contribution in [2.45, 2.75) is 6.92 Å². The zero-order valence-electron chi connectivity index (χ0n) is 13.3. The lowest BCUT2D eigenvalue weighted by Gasteiger charge is -2.09. The van der Waals surface area contributed by atoms with E-state index in [1.54, 1.807) is 24.3 Å². The number of hydrogen-bond acceptors (Lipinski definition) is 4. The van der Waals surface area contributed by atoms with Crippen molar-refractivity contribution in [3.05, 3.63) is 76.7 Å². The lowest BCUT2D eigenvalue weighted by atomic mass is 10.2. The summed E-state index contributed by atoms with van der Waals surface area (Å²) in [6.45, 7) is 1.86. The molecule has 0 saturated heterocycles. The van der Waals surface area contributed by atoms with Crippen LogP contribution >= 0.6 is 11.6 Å². The summed E-state index contributed by atoms with van der Waals surface area (Å²) in [6, 6.07) is 14.7. The zero-order chi connectivity index (χ0) is 17.8. The van der Waals surface area contributed by atoms with Gasteiger partial charge in [-0.2, -0.15) is 5.10 Å². The van der Waals surface area contributed by atoms with Gasteiger partial charge in [-0.3, -0.25) is 4.79 Å². The molecule has 0 atom stereocenters. The van der Waals surface area contributed by atoms with Gasteiger partial charge in [0.15, 0.2) is 5.82 Å². The third-order valence-corrected chi connectivity index (χ3v) is 3.72.